The number of carbonyl (C=O) groups excluding carboxylic acids is 4. The summed E-state index contributed by atoms with van der Waals surface area (Å²) in [5, 5.41) is 5.28. The minimum absolute atomic E-state index is 0. The Balaban J connectivity index is 0.00000468. The lowest BCUT2D eigenvalue weighted by Gasteiger charge is -2.29. The molecule has 16 heteroatoms. The number of nitrogens with zero attached hydrogens (tertiary/aromatic N) is 4. The van der Waals surface area contributed by atoms with Crippen molar-refractivity contribution in [2.75, 3.05) is 27.3 Å². The first-order valence-electron chi connectivity index (χ1n) is 16.5. The van der Waals surface area contributed by atoms with Gasteiger partial charge in [-0.15, -0.1) is 24.8 Å². The fourth-order valence-corrected chi connectivity index (χ4v) is 5.85. The van der Waals surface area contributed by atoms with E-state index in [0.717, 1.165) is 25.7 Å². The van der Waals surface area contributed by atoms with Crippen molar-refractivity contribution in [3.63, 3.8) is 0 Å². The number of hydrogen-bond acceptors (Lipinski definition) is 8. The van der Waals surface area contributed by atoms with Gasteiger partial charge in [0.2, 0.25) is 11.8 Å². The summed E-state index contributed by atoms with van der Waals surface area (Å²) in [5.41, 5.74) is 1.10. The molecule has 4 heterocycles. The van der Waals surface area contributed by atoms with Crippen molar-refractivity contribution in [1.82, 2.24) is 40.4 Å². The van der Waals surface area contributed by atoms with Crippen LogP contribution in [0.15, 0.2) is 12.4 Å². The summed E-state index contributed by atoms with van der Waals surface area (Å²) >= 11 is 0. The maximum absolute atomic E-state index is 13.3. The zero-order valence-electron chi connectivity index (χ0n) is 29.9. The SMILES string of the molecule is COC(=O)N[C@H](C(=O)N1CCC[C@H]1c1ncc(C#CC#CC#CC#Cc2cnc([C@@H]3CCCN3C(=O)[C@@H](NC(=O)OC)C(C)C)[nH]2)[nH]1)C(C)C.Cl.Cl. The van der Waals surface area contributed by atoms with Gasteiger partial charge in [0.15, 0.2) is 0 Å². The van der Waals surface area contributed by atoms with E-state index in [2.05, 4.69) is 77.9 Å². The summed E-state index contributed by atoms with van der Waals surface area (Å²) in [6.07, 6.45) is 4.98. The molecule has 2 aliphatic heterocycles. The number of amides is 4. The summed E-state index contributed by atoms with van der Waals surface area (Å²) in [5.74, 6) is 22.5. The molecule has 0 spiro atoms. The summed E-state index contributed by atoms with van der Waals surface area (Å²) < 4.78 is 9.38. The molecule has 0 aromatic carbocycles. The second-order valence-corrected chi connectivity index (χ2v) is 12.5. The molecule has 4 N–H and O–H groups in total. The Hall–Kier alpha value is -5.28. The number of nitrogens with one attached hydrogen (secondary N) is 4. The van der Waals surface area contributed by atoms with E-state index in [1.165, 1.54) is 14.2 Å². The lowest BCUT2D eigenvalue weighted by atomic mass is 10.0. The fourth-order valence-electron chi connectivity index (χ4n) is 5.85. The van der Waals surface area contributed by atoms with Gasteiger partial charge in [-0.1, -0.05) is 27.7 Å². The van der Waals surface area contributed by atoms with Crippen LogP contribution in [-0.2, 0) is 19.1 Å². The van der Waals surface area contributed by atoms with Crippen LogP contribution in [-0.4, -0.2) is 93.1 Å². The number of carbonyl (C=O) groups is 4. The number of likely N-dealkylation sites (tertiary alicyclic amines) is 2. The monoisotopic (exact) mass is 754 g/mol. The van der Waals surface area contributed by atoms with Crippen molar-refractivity contribution in [2.45, 2.75) is 77.5 Å². The molecule has 0 aliphatic carbocycles. The standard InChI is InChI=1S/C36H42N8O6.2ClH/c1-23(2)29(41-35(47)49-5)33(45)43-19-13-17-27(43)31-37-21-25(39-31)15-11-9-7-8-10-12-16-26-22-38-32(40-26)28-18-14-20-44(28)34(46)30(24(3)4)42-36(48)50-6;;/h21-24,27-30H,13-14,17-20H2,1-6H3,(H,37,39)(H,38,40)(H,41,47)(H,42,48);2*1H/t27-,28-,29-,30-;;/m0../s1. The molecule has 0 unspecified atom stereocenters. The van der Waals surface area contributed by atoms with E-state index in [4.69, 9.17) is 9.47 Å². The first-order chi connectivity index (χ1) is 24.0. The number of ether oxygens (including phenoxy) is 2. The number of rotatable bonds is 8. The summed E-state index contributed by atoms with van der Waals surface area (Å²) in [6.45, 7) is 8.58. The Labute approximate surface area is 316 Å². The predicted molar refractivity (Wildman–Crippen MR) is 197 cm³/mol. The Morgan fingerprint density at radius 2 is 1.06 bits per heavy atom. The quantitative estimate of drug-likeness (QED) is 0.297. The molecule has 52 heavy (non-hydrogen) atoms. The van der Waals surface area contributed by atoms with Crippen molar-refractivity contribution in [3.05, 3.63) is 35.4 Å². The van der Waals surface area contributed by atoms with Gasteiger partial charge in [-0.25, -0.2) is 19.6 Å². The highest BCUT2D eigenvalue weighted by molar-refractivity contribution is 5.87. The third-order valence-corrected chi connectivity index (χ3v) is 8.38. The van der Waals surface area contributed by atoms with Crippen LogP contribution in [0.1, 0.15) is 88.5 Å². The maximum Gasteiger partial charge on any atom is 0.407 e. The van der Waals surface area contributed by atoms with Gasteiger partial charge in [-0.2, -0.15) is 0 Å². The van der Waals surface area contributed by atoms with Crippen LogP contribution in [0.2, 0.25) is 0 Å². The van der Waals surface area contributed by atoms with E-state index in [0.29, 0.717) is 36.1 Å². The number of methoxy groups -OCH3 is 2. The smallest absolute Gasteiger partial charge is 0.407 e. The highest BCUT2D eigenvalue weighted by Crippen LogP contribution is 2.32. The molecule has 14 nitrogen and oxygen atoms in total. The Kier molecular flexibility index (Phi) is 16.9. The van der Waals surface area contributed by atoms with Gasteiger partial charge in [-0.3, -0.25) is 9.59 Å². The van der Waals surface area contributed by atoms with Crippen LogP contribution in [0.25, 0.3) is 0 Å². The molecule has 4 amide bonds. The Morgan fingerprint density at radius 1 is 0.692 bits per heavy atom. The lowest BCUT2D eigenvalue weighted by molar-refractivity contribution is -0.136. The maximum atomic E-state index is 13.3. The van der Waals surface area contributed by atoms with Gasteiger partial charge in [0.25, 0.3) is 0 Å². The molecule has 0 bridgehead atoms. The number of hydrogen-bond donors (Lipinski definition) is 4. The normalized spacial score (nSPS) is 16.8. The molecule has 0 saturated carbocycles. The minimum atomic E-state index is -0.711. The molecular weight excluding hydrogens is 711 g/mol. The van der Waals surface area contributed by atoms with Crippen molar-refractivity contribution in [1.29, 1.82) is 0 Å². The third-order valence-electron chi connectivity index (χ3n) is 8.38. The average Bonchev–Trinajstić information content (AvgIpc) is 3.93. The molecule has 0 radical (unpaired) electrons. The van der Waals surface area contributed by atoms with Crippen molar-refractivity contribution >= 4 is 48.8 Å². The summed E-state index contributed by atoms with van der Waals surface area (Å²) in [7, 11) is 2.53. The van der Waals surface area contributed by atoms with E-state index in [-0.39, 0.29) is 60.5 Å². The second-order valence-electron chi connectivity index (χ2n) is 12.5. The van der Waals surface area contributed by atoms with Crippen LogP contribution in [0, 0.1) is 59.2 Å². The Bertz CT molecular complexity index is 1700. The summed E-state index contributed by atoms with van der Waals surface area (Å²) in [6, 6.07) is -1.94. The Morgan fingerprint density at radius 3 is 1.40 bits per heavy atom. The number of aromatic amines is 2. The van der Waals surface area contributed by atoms with E-state index < -0.39 is 24.3 Å². The van der Waals surface area contributed by atoms with Crippen LogP contribution < -0.4 is 10.6 Å². The number of alkyl carbamates (subject to hydrolysis) is 2. The number of H-pyrrole nitrogens is 2. The van der Waals surface area contributed by atoms with E-state index >= 15 is 0 Å². The molecule has 2 fully saturated rings. The fraction of sp³-hybridized carbons (Fsp3) is 0.500. The van der Waals surface area contributed by atoms with Gasteiger partial charge < -0.3 is 39.9 Å². The molecule has 2 aromatic heterocycles. The molecule has 2 aromatic rings. The van der Waals surface area contributed by atoms with Crippen molar-refractivity contribution in [3.8, 4) is 47.4 Å². The highest BCUT2D eigenvalue weighted by atomic mass is 35.5. The van der Waals surface area contributed by atoms with Crippen LogP contribution in [0.5, 0.6) is 0 Å². The highest BCUT2D eigenvalue weighted by Gasteiger charge is 2.38. The molecule has 278 valence electrons. The molecule has 4 rings (SSSR count). The van der Waals surface area contributed by atoms with Gasteiger partial charge in [-0.05, 0) is 84.9 Å². The van der Waals surface area contributed by atoms with Gasteiger partial charge >= 0.3 is 12.2 Å². The third kappa shape index (κ3) is 11.1. The summed E-state index contributed by atoms with van der Waals surface area (Å²) in [4.78, 5) is 68.9. The van der Waals surface area contributed by atoms with E-state index in [1.54, 1.807) is 22.2 Å². The molecular formula is C36H44Cl2N8O6. The van der Waals surface area contributed by atoms with Crippen LogP contribution >= 0.6 is 24.8 Å². The largest absolute Gasteiger partial charge is 0.453 e. The molecule has 4 atom stereocenters. The predicted octanol–water partition coefficient (Wildman–Crippen LogP) is 3.47. The zero-order valence-corrected chi connectivity index (χ0v) is 31.5. The van der Waals surface area contributed by atoms with Gasteiger partial charge in [0.1, 0.15) is 35.1 Å². The van der Waals surface area contributed by atoms with E-state index in [9.17, 15) is 19.2 Å². The minimum Gasteiger partial charge on any atom is -0.453 e. The number of aromatic nitrogens is 4. The molecule has 2 aliphatic rings. The first-order valence-corrected chi connectivity index (χ1v) is 16.5. The number of imidazole rings is 2. The van der Waals surface area contributed by atoms with Gasteiger partial charge in [0, 0.05) is 13.1 Å². The lowest BCUT2D eigenvalue weighted by Crippen LogP contribution is -2.51. The number of halogens is 2. The topological polar surface area (TPSA) is 175 Å². The van der Waals surface area contributed by atoms with E-state index in [1.807, 2.05) is 27.7 Å². The second kappa shape index (κ2) is 20.5. The van der Waals surface area contributed by atoms with Crippen molar-refractivity contribution in [2.24, 2.45) is 11.8 Å². The molecule has 2 saturated heterocycles. The van der Waals surface area contributed by atoms with Crippen LogP contribution in [0.3, 0.4) is 0 Å². The van der Waals surface area contributed by atoms with Crippen molar-refractivity contribution < 1.29 is 28.7 Å². The zero-order chi connectivity index (χ0) is 36.2. The van der Waals surface area contributed by atoms with Crippen LogP contribution in [0.4, 0.5) is 9.59 Å². The van der Waals surface area contributed by atoms with Gasteiger partial charge in [0.05, 0.1) is 38.7 Å². The first kappa shape index (κ1) is 42.9. The average molecular weight is 756 g/mol.